The number of aromatic nitrogens is 1. The lowest BCUT2D eigenvalue weighted by molar-refractivity contribution is 1.47. The lowest BCUT2D eigenvalue weighted by Gasteiger charge is -2.03. The number of hydrogen-bond acceptors (Lipinski definition) is 2. The maximum Gasteiger partial charge on any atom is 0.0818 e. The molecule has 1 aromatic heterocycles. The van der Waals surface area contributed by atoms with E-state index in [0.29, 0.717) is 0 Å². The second kappa shape index (κ2) is 3.72. The first-order valence-corrected chi connectivity index (χ1v) is 6.12. The highest BCUT2D eigenvalue weighted by atomic mass is 32.1. The van der Waals surface area contributed by atoms with E-state index in [4.69, 9.17) is 0 Å². The molecule has 0 aliphatic rings. The fourth-order valence-electron chi connectivity index (χ4n) is 1.85. The summed E-state index contributed by atoms with van der Waals surface area (Å²) >= 11 is 1.70. The summed E-state index contributed by atoms with van der Waals surface area (Å²) in [5.74, 6) is 0. The fraction of sp³-hybridized carbons (Fsp3) is 0.0714. The Hall–Kier alpha value is -1.67. The van der Waals surface area contributed by atoms with Gasteiger partial charge in [0.1, 0.15) is 0 Å². The smallest absolute Gasteiger partial charge is 0.0818 e. The van der Waals surface area contributed by atoms with Crippen LogP contribution in [0.2, 0.25) is 0 Å². The van der Waals surface area contributed by atoms with Gasteiger partial charge in [-0.15, -0.1) is 11.3 Å². The fourth-order valence-corrected chi connectivity index (χ4v) is 2.67. The molecule has 1 heterocycles. The molecule has 2 heteroatoms. The highest BCUT2D eigenvalue weighted by molar-refractivity contribution is 7.17. The van der Waals surface area contributed by atoms with Gasteiger partial charge in [0, 0.05) is 5.56 Å². The minimum Gasteiger partial charge on any atom is -0.245 e. The van der Waals surface area contributed by atoms with Gasteiger partial charge in [-0.05, 0) is 18.6 Å². The van der Waals surface area contributed by atoms with E-state index in [-0.39, 0.29) is 0 Å². The topological polar surface area (TPSA) is 12.9 Å². The minimum absolute atomic E-state index is 1.09. The highest BCUT2D eigenvalue weighted by Crippen LogP contribution is 2.30. The average Bonchev–Trinajstić information content (AvgIpc) is 2.78. The molecule has 3 aromatic rings. The van der Waals surface area contributed by atoms with Gasteiger partial charge in [0.05, 0.1) is 15.7 Å². The van der Waals surface area contributed by atoms with Gasteiger partial charge in [-0.3, -0.25) is 0 Å². The molecule has 0 saturated heterocycles. The predicted octanol–water partition coefficient (Wildman–Crippen LogP) is 4.27. The third kappa shape index (κ3) is 1.51. The van der Waals surface area contributed by atoms with Crippen LogP contribution < -0.4 is 0 Å². The molecule has 0 bridgehead atoms. The molecule has 0 spiro atoms. The molecule has 3 rings (SSSR count). The van der Waals surface area contributed by atoms with Crippen LogP contribution in [0.3, 0.4) is 0 Å². The molecular formula is C14H11NS. The Morgan fingerprint density at radius 3 is 2.62 bits per heavy atom. The molecular weight excluding hydrogens is 214 g/mol. The van der Waals surface area contributed by atoms with Crippen molar-refractivity contribution in [1.29, 1.82) is 0 Å². The van der Waals surface area contributed by atoms with Crippen molar-refractivity contribution in [3.63, 3.8) is 0 Å². The molecule has 0 unspecified atom stereocenters. The summed E-state index contributed by atoms with van der Waals surface area (Å²) in [5, 5.41) is 0. The zero-order valence-corrected chi connectivity index (χ0v) is 9.79. The van der Waals surface area contributed by atoms with Gasteiger partial charge < -0.3 is 0 Å². The molecule has 0 saturated carbocycles. The summed E-state index contributed by atoms with van der Waals surface area (Å²) < 4.78 is 1.27. The van der Waals surface area contributed by atoms with Crippen LogP contribution in [-0.4, -0.2) is 4.98 Å². The molecule has 0 amide bonds. The molecule has 0 aliphatic carbocycles. The third-order valence-corrected chi connectivity index (χ3v) is 3.59. The summed E-state index contributed by atoms with van der Waals surface area (Å²) in [6.07, 6.45) is 0. The zero-order chi connectivity index (χ0) is 11.0. The summed E-state index contributed by atoms with van der Waals surface area (Å²) in [4.78, 5) is 4.34. The Labute approximate surface area is 98.4 Å². The second-order valence-electron chi connectivity index (χ2n) is 3.87. The minimum atomic E-state index is 1.09. The second-order valence-corrected chi connectivity index (χ2v) is 4.73. The van der Waals surface area contributed by atoms with Crippen molar-refractivity contribution in [2.24, 2.45) is 0 Å². The van der Waals surface area contributed by atoms with E-state index in [2.05, 4.69) is 54.4 Å². The SMILES string of the molecule is Cc1ccc(-c2cccc3ncsc23)cc1. The van der Waals surface area contributed by atoms with E-state index < -0.39 is 0 Å². The Morgan fingerprint density at radius 1 is 1.00 bits per heavy atom. The van der Waals surface area contributed by atoms with E-state index in [1.54, 1.807) is 11.3 Å². The summed E-state index contributed by atoms with van der Waals surface area (Å²) in [6.45, 7) is 2.11. The van der Waals surface area contributed by atoms with E-state index >= 15 is 0 Å². The summed E-state index contributed by atoms with van der Waals surface area (Å²) in [5.41, 5.74) is 6.83. The van der Waals surface area contributed by atoms with Crippen molar-refractivity contribution >= 4 is 21.6 Å². The quantitative estimate of drug-likeness (QED) is 0.602. The van der Waals surface area contributed by atoms with Crippen LogP contribution in [0.15, 0.2) is 48.0 Å². The monoisotopic (exact) mass is 225 g/mol. The van der Waals surface area contributed by atoms with Crippen molar-refractivity contribution in [3.8, 4) is 11.1 Å². The summed E-state index contributed by atoms with van der Waals surface area (Å²) in [6, 6.07) is 14.9. The van der Waals surface area contributed by atoms with Crippen LogP contribution in [0.5, 0.6) is 0 Å². The van der Waals surface area contributed by atoms with Crippen LogP contribution in [-0.2, 0) is 0 Å². The van der Waals surface area contributed by atoms with Gasteiger partial charge in [0.15, 0.2) is 0 Å². The largest absolute Gasteiger partial charge is 0.245 e. The highest BCUT2D eigenvalue weighted by Gasteiger charge is 2.04. The number of rotatable bonds is 1. The van der Waals surface area contributed by atoms with E-state index in [9.17, 15) is 0 Å². The number of hydrogen-bond donors (Lipinski definition) is 0. The first-order valence-electron chi connectivity index (χ1n) is 5.24. The number of aryl methyl sites for hydroxylation is 1. The molecule has 1 nitrogen and oxygen atoms in total. The Kier molecular flexibility index (Phi) is 2.22. The summed E-state index contributed by atoms with van der Waals surface area (Å²) in [7, 11) is 0. The van der Waals surface area contributed by atoms with Gasteiger partial charge in [-0.25, -0.2) is 4.98 Å². The van der Waals surface area contributed by atoms with Gasteiger partial charge in [-0.1, -0.05) is 42.0 Å². The van der Waals surface area contributed by atoms with Crippen LogP contribution in [0.4, 0.5) is 0 Å². The first-order chi connectivity index (χ1) is 7.84. The maximum atomic E-state index is 4.34. The molecule has 0 aliphatic heterocycles. The maximum absolute atomic E-state index is 4.34. The van der Waals surface area contributed by atoms with Gasteiger partial charge in [0.25, 0.3) is 0 Å². The predicted molar refractivity (Wildman–Crippen MR) is 69.8 cm³/mol. The van der Waals surface area contributed by atoms with Crippen LogP contribution in [0.25, 0.3) is 21.3 Å². The molecule has 0 radical (unpaired) electrons. The van der Waals surface area contributed by atoms with Gasteiger partial charge in [0.2, 0.25) is 0 Å². The van der Waals surface area contributed by atoms with Crippen molar-refractivity contribution < 1.29 is 0 Å². The van der Waals surface area contributed by atoms with Crippen molar-refractivity contribution in [2.45, 2.75) is 6.92 Å². The third-order valence-electron chi connectivity index (χ3n) is 2.72. The average molecular weight is 225 g/mol. The van der Waals surface area contributed by atoms with Crippen molar-refractivity contribution in [3.05, 3.63) is 53.5 Å². The molecule has 0 N–H and O–H groups in total. The first kappa shape index (κ1) is 9.55. The molecule has 0 atom stereocenters. The molecule has 78 valence electrons. The van der Waals surface area contributed by atoms with Crippen LogP contribution in [0.1, 0.15) is 5.56 Å². The van der Waals surface area contributed by atoms with Crippen molar-refractivity contribution in [2.75, 3.05) is 0 Å². The Bertz CT molecular complexity index is 623. The normalized spacial score (nSPS) is 10.8. The van der Waals surface area contributed by atoms with E-state index in [1.807, 2.05) is 5.51 Å². The van der Waals surface area contributed by atoms with Gasteiger partial charge in [-0.2, -0.15) is 0 Å². The molecule has 2 aromatic carbocycles. The Balaban J connectivity index is 2.25. The van der Waals surface area contributed by atoms with Crippen LogP contribution >= 0.6 is 11.3 Å². The number of benzene rings is 2. The standard InChI is InChI=1S/C14H11NS/c1-10-5-7-11(8-6-10)12-3-2-4-13-14(12)16-9-15-13/h2-9H,1H3. The van der Waals surface area contributed by atoms with Crippen molar-refractivity contribution in [1.82, 2.24) is 4.98 Å². The van der Waals surface area contributed by atoms with E-state index in [0.717, 1.165) is 5.52 Å². The number of fused-ring (bicyclic) bond motifs is 1. The zero-order valence-electron chi connectivity index (χ0n) is 8.97. The Morgan fingerprint density at radius 2 is 1.81 bits per heavy atom. The van der Waals surface area contributed by atoms with E-state index in [1.165, 1.54) is 21.4 Å². The van der Waals surface area contributed by atoms with Crippen LogP contribution in [0, 0.1) is 6.92 Å². The molecule has 0 fully saturated rings. The number of thiazole rings is 1. The number of nitrogens with zero attached hydrogens (tertiary/aromatic N) is 1. The lowest BCUT2D eigenvalue weighted by atomic mass is 10.0. The lowest BCUT2D eigenvalue weighted by Crippen LogP contribution is -1.79. The molecule has 16 heavy (non-hydrogen) atoms. The van der Waals surface area contributed by atoms with Gasteiger partial charge >= 0.3 is 0 Å².